The fraction of sp³-hybridized carbons (Fsp3) is 0.103. The summed E-state index contributed by atoms with van der Waals surface area (Å²) in [5.41, 5.74) is 2.85. The molecule has 0 heterocycles. The number of para-hydroxylation sites is 2. The number of carbonyl (C=O) groups is 3. The van der Waals surface area contributed by atoms with Crippen molar-refractivity contribution in [1.82, 2.24) is 5.32 Å². The third-order valence-corrected chi connectivity index (χ3v) is 8.66. The summed E-state index contributed by atoms with van der Waals surface area (Å²) in [6.45, 7) is 1.97. The van der Waals surface area contributed by atoms with Crippen molar-refractivity contribution in [2.45, 2.75) is 23.5 Å². The summed E-state index contributed by atoms with van der Waals surface area (Å²) >= 11 is 1.41. The molecule has 5 rings (SSSR count). The Morgan fingerprint density at radius 2 is 1.44 bits per heavy atom. The first-order valence-corrected chi connectivity index (χ1v) is 16.2. The number of amides is 3. The highest BCUT2D eigenvalue weighted by molar-refractivity contribution is 8.00. The highest BCUT2D eigenvalue weighted by atomic mass is 32.2. The van der Waals surface area contributed by atoms with Gasteiger partial charge in [-0.3, -0.25) is 19.3 Å². The maximum atomic E-state index is 14.1. The minimum Gasteiger partial charge on any atom is -0.508 e. The van der Waals surface area contributed by atoms with E-state index in [1.165, 1.54) is 37.1 Å². The lowest BCUT2D eigenvalue weighted by atomic mass is 10.1. The molecule has 0 aliphatic rings. The number of nitrogens with one attached hydrogen (secondary N) is 2. The van der Waals surface area contributed by atoms with Gasteiger partial charge < -0.3 is 20.5 Å². The second-order valence-electron chi connectivity index (χ2n) is 10.6. The Kier molecular flexibility index (Phi) is 11.3. The van der Waals surface area contributed by atoms with Gasteiger partial charge in [0, 0.05) is 39.2 Å². The number of anilines is 3. The van der Waals surface area contributed by atoms with Gasteiger partial charge in [-0.1, -0.05) is 67.6 Å². The minimum atomic E-state index is -0.570. The molecule has 9 heteroatoms. The fourth-order valence-corrected chi connectivity index (χ4v) is 5.99. The summed E-state index contributed by atoms with van der Waals surface area (Å²) in [4.78, 5) is 43.4. The summed E-state index contributed by atoms with van der Waals surface area (Å²) in [5.74, 6) is -0.782. The van der Waals surface area contributed by atoms with Gasteiger partial charge in [-0.25, -0.2) is 0 Å². The van der Waals surface area contributed by atoms with E-state index in [4.69, 9.17) is 4.74 Å². The normalized spacial score (nSPS) is 11.7. The van der Waals surface area contributed by atoms with Crippen molar-refractivity contribution in [2.75, 3.05) is 17.3 Å². The Labute approximate surface area is 284 Å². The zero-order valence-electron chi connectivity index (χ0n) is 26.5. The molecule has 48 heavy (non-hydrogen) atoms. The molecule has 3 amide bonds. The molecule has 0 saturated heterocycles. The number of thioether (sulfide) groups is 1. The van der Waals surface area contributed by atoms with E-state index < -0.39 is 17.1 Å². The molecule has 1 atom stereocenters. The van der Waals surface area contributed by atoms with Crippen LogP contribution >= 0.6 is 11.8 Å². The van der Waals surface area contributed by atoms with E-state index in [0.29, 0.717) is 29.0 Å². The number of phenols is 1. The molecular weight excluding hydrogens is 623 g/mol. The summed E-state index contributed by atoms with van der Waals surface area (Å²) < 4.78 is 5.39. The summed E-state index contributed by atoms with van der Waals surface area (Å²) in [6.07, 6.45) is 2.06. The molecule has 242 valence electrons. The van der Waals surface area contributed by atoms with E-state index in [1.807, 2.05) is 73.7 Å². The number of aromatic hydroxyl groups is 1. The molecule has 0 aliphatic carbocycles. The van der Waals surface area contributed by atoms with Crippen LogP contribution in [0.2, 0.25) is 0 Å². The van der Waals surface area contributed by atoms with Crippen LogP contribution in [0.5, 0.6) is 11.5 Å². The summed E-state index contributed by atoms with van der Waals surface area (Å²) in [7, 11) is 1.45. The topological polar surface area (TPSA) is 108 Å². The van der Waals surface area contributed by atoms with Crippen LogP contribution in [-0.2, 0) is 9.59 Å². The zero-order valence-corrected chi connectivity index (χ0v) is 27.3. The molecule has 0 aliphatic heterocycles. The maximum absolute atomic E-state index is 14.1. The van der Waals surface area contributed by atoms with E-state index in [2.05, 4.69) is 10.6 Å². The second-order valence-corrected chi connectivity index (χ2v) is 11.9. The van der Waals surface area contributed by atoms with E-state index in [-0.39, 0.29) is 17.4 Å². The number of carbonyl (C=O) groups excluding carboxylic acids is 3. The van der Waals surface area contributed by atoms with Crippen LogP contribution in [0.3, 0.4) is 0 Å². The minimum absolute atomic E-state index is 0.00263. The molecule has 5 aromatic rings. The molecule has 0 spiro atoms. The Bertz CT molecular complexity index is 1860. The van der Waals surface area contributed by atoms with Gasteiger partial charge in [0.15, 0.2) is 0 Å². The molecule has 5 aromatic carbocycles. The Morgan fingerprint density at radius 3 is 2.04 bits per heavy atom. The zero-order chi connectivity index (χ0) is 33.9. The number of hydrogen-bond donors (Lipinski definition) is 3. The molecule has 0 fully saturated rings. The van der Waals surface area contributed by atoms with Gasteiger partial charge in [0.2, 0.25) is 5.91 Å². The molecule has 0 bridgehead atoms. The standard InChI is InChI=1S/C39H35N3O5S/c1-3-36(39(46)42(30-17-9-5-10-18-30)31-19-11-6-12-20-31)48-33-21-13-16-29(25-33)40-38(45)34(41-37(44)27-14-7-4-8-15-27)24-28-22-23-32(43)26-35(28)47-2/h4-26,36,43H,3H2,1-2H3,(H,40,45)(H,41,44)/b34-24-. The highest BCUT2D eigenvalue weighted by Crippen LogP contribution is 2.34. The maximum Gasteiger partial charge on any atom is 0.272 e. The number of hydrogen-bond acceptors (Lipinski definition) is 6. The smallest absolute Gasteiger partial charge is 0.272 e. The van der Waals surface area contributed by atoms with Gasteiger partial charge in [0.1, 0.15) is 17.2 Å². The van der Waals surface area contributed by atoms with E-state index in [0.717, 1.165) is 16.3 Å². The number of benzene rings is 5. The van der Waals surface area contributed by atoms with Crippen molar-refractivity contribution < 1.29 is 24.2 Å². The summed E-state index contributed by atoms with van der Waals surface area (Å²) in [6, 6.07) is 39.3. The van der Waals surface area contributed by atoms with Crippen LogP contribution in [0.25, 0.3) is 6.08 Å². The van der Waals surface area contributed by atoms with Crippen molar-refractivity contribution in [3.8, 4) is 11.5 Å². The molecule has 0 saturated carbocycles. The van der Waals surface area contributed by atoms with Crippen LogP contribution < -0.4 is 20.3 Å². The lowest BCUT2D eigenvalue weighted by molar-refractivity contribution is -0.117. The first-order valence-electron chi connectivity index (χ1n) is 15.3. The highest BCUT2D eigenvalue weighted by Gasteiger charge is 2.27. The first kappa shape index (κ1) is 33.6. The van der Waals surface area contributed by atoms with Crippen molar-refractivity contribution in [2.24, 2.45) is 0 Å². The average molecular weight is 658 g/mol. The van der Waals surface area contributed by atoms with Crippen LogP contribution in [-0.4, -0.2) is 35.2 Å². The Balaban J connectivity index is 1.39. The van der Waals surface area contributed by atoms with Crippen LogP contribution in [0, 0.1) is 0 Å². The van der Waals surface area contributed by atoms with Gasteiger partial charge in [0.05, 0.1) is 12.4 Å². The number of nitrogens with zero attached hydrogens (tertiary/aromatic N) is 1. The molecule has 3 N–H and O–H groups in total. The second kappa shape index (κ2) is 16.2. The first-order chi connectivity index (χ1) is 23.4. The number of phenolic OH excluding ortho intramolecular Hbond substituents is 1. The number of ether oxygens (including phenoxy) is 1. The fourth-order valence-electron chi connectivity index (χ4n) is 4.94. The van der Waals surface area contributed by atoms with Crippen molar-refractivity contribution in [1.29, 1.82) is 0 Å². The van der Waals surface area contributed by atoms with Crippen molar-refractivity contribution in [3.63, 3.8) is 0 Å². The third kappa shape index (κ3) is 8.51. The monoisotopic (exact) mass is 657 g/mol. The van der Waals surface area contributed by atoms with E-state index in [9.17, 15) is 19.5 Å². The predicted octanol–water partition coefficient (Wildman–Crippen LogP) is 8.05. The Morgan fingerprint density at radius 1 is 0.812 bits per heavy atom. The van der Waals surface area contributed by atoms with Gasteiger partial charge in [-0.15, -0.1) is 11.8 Å². The van der Waals surface area contributed by atoms with Crippen molar-refractivity contribution in [3.05, 3.63) is 150 Å². The molecule has 1 unspecified atom stereocenters. The van der Waals surface area contributed by atoms with Crippen LogP contribution in [0.15, 0.2) is 144 Å². The van der Waals surface area contributed by atoms with Crippen LogP contribution in [0.1, 0.15) is 29.3 Å². The largest absolute Gasteiger partial charge is 0.508 e. The number of methoxy groups -OCH3 is 1. The molecule has 0 radical (unpaired) electrons. The van der Waals surface area contributed by atoms with Gasteiger partial charge in [-0.05, 0) is 79.2 Å². The molecule has 8 nitrogen and oxygen atoms in total. The lowest BCUT2D eigenvalue weighted by Crippen LogP contribution is -2.34. The van der Waals surface area contributed by atoms with E-state index >= 15 is 0 Å². The van der Waals surface area contributed by atoms with Gasteiger partial charge >= 0.3 is 0 Å². The van der Waals surface area contributed by atoms with Gasteiger partial charge in [0.25, 0.3) is 11.8 Å². The van der Waals surface area contributed by atoms with Crippen LogP contribution in [0.4, 0.5) is 17.1 Å². The van der Waals surface area contributed by atoms with Gasteiger partial charge in [-0.2, -0.15) is 0 Å². The van der Waals surface area contributed by atoms with Crippen molar-refractivity contribution >= 4 is 52.6 Å². The summed E-state index contributed by atoms with van der Waals surface area (Å²) in [5, 5.41) is 15.1. The Hall–Kier alpha value is -5.80. The quantitative estimate of drug-likeness (QED) is 0.0926. The molecule has 0 aromatic heterocycles. The molecular formula is C39H35N3O5S. The van der Waals surface area contributed by atoms with E-state index in [1.54, 1.807) is 59.5 Å². The average Bonchev–Trinajstić information content (AvgIpc) is 3.12. The SMILES string of the molecule is CCC(Sc1cccc(NC(=O)/C(=C/c2ccc(O)cc2OC)NC(=O)c2ccccc2)c1)C(=O)N(c1ccccc1)c1ccccc1. The lowest BCUT2D eigenvalue weighted by Gasteiger charge is -2.27. The third-order valence-electron chi connectivity index (χ3n) is 7.31. The predicted molar refractivity (Wildman–Crippen MR) is 192 cm³/mol. The number of rotatable bonds is 12.